The van der Waals surface area contributed by atoms with Crippen molar-refractivity contribution in [1.29, 1.82) is 0 Å². The topological polar surface area (TPSA) is 65.4 Å². The van der Waals surface area contributed by atoms with Crippen molar-refractivity contribution >= 4 is 27.2 Å². The summed E-state index contributed by atoms with van der Waals surface area (Å²) in [7, 11) is -2.67. The van der Waals surface area contributed by atoms with Crippen LogP contribution in [0.3, 0.4) is 0 Å². The van der Waals surface area contributed by atoms with E-state index in [-0.39, 0.29) is 27.8 Å². The number of ether oxygens (including phenoxy) is 1. The Morgan fingerprint density at radius 2 is 1.71 bits per heavy atom. The average molecular weight is 502 g/mol. The summed E-state index contributed by atoms with van der Waals surface area (Å²) in [6.07, 6.45) is -2.66. The number of carbonyl (C=O) groups is 1. The molecule has 0 N–H and O–H groups in total. The van der Waals surface area contributed by atoms with Crippen LogP contribution < -0.4 is 4.74 Å². The van der Waals surface area contributed by atoms with Crippen LogP contribution in [0.4, 0.5) is 13.2 Å². The largest absolute Gasteiger partial charge is 0.496 e. The van der Waals surface area contributed by atoms with Gasteiger partial charge in [0.05, 0.1) is 23.1 Å². The number of alkyl halides is 3. The third-order valence-electron chi connectivity index (χ3n) is 5.90. The molecule has 0 fully saturated rings. The van der Waals surface area contributed by atoms with Crippen LogP contribution in [0.2, 0.25) is 0 Å². The number of halogens is 3. The summed E-state index contributed by atoms with van der Waals surface area (Å²) >= 11 is 0. The first-order chi connectivity index (χ1) is 16.6. The van der Waals surface area contributed by atoms with Gasteiger partial charge in [0.2, 0.25) is 0 Å². The summed E-state index contributed by atoms with van der Waals surface area (Å²) in [4.78, 5) is 12.2. The number of hydrogen-bond donors (Lipinski definition) is 0. The number of rotatable bonds is 7. The number of fused-ring (bicyclic) bond motifs is 1. The minimum atomic E-state index is -4.64. The third kappa shape index (κ3) is 4.68. The zero-order valence-electron chi connectivity index (χ0n) is 18.9. The van der Waals surface area contributed by atoms with Crippen LogP contribution in [-0.4, -0.2) is 25.8 Å². The maximum Gasteiger partial charge on any atom is 0.416 e. The summed E-state index contributed by atoms with van der Waals surface area (Å²) in [5, 5.41) is 0.0440. The van der Waals surface area contributed by atoms with Crippen LogP contribution in [0.15, 0.2) is 77.8 Å². The molecule has 5 nitrogen and oxygen atoms in total. The number of aryl methyl sites for hydroxylation is 1. The van der Waals surface area contributed by atoms with E-state index in [0.717, 1.165) is 27.7 Å². The lowest BCUT2D eigenvalue weighted by Crippen LogP contribution is -2.12. The molecule has 0 aliphatic carbocycles. The Hall–Kier alpha value is -3.59. The van der Waals surface area contributed by atoms with Gasteiger partial charge in [-0.05, 0) is 60.9 Å². The van der Waals surface area contributed by atoms with E-state index in [4.69, 9.17) is 4.74 Å². The SMILES string of the molecule is COc1ccccc1CC(C=O)c1cn(S(=O)(=O)c2ccc(C)cc2)c2ccc(C(F)(F)F)cc12. The molecule has 1 unspecified atom stereocenters. The zero-order chi connectivity index (χ0) is 25.4. The molecule has 3 aromatic carbocycles. The number of benzene rings is 3. The van der Waals surface area contributed by atoms with Gasteiger partial charge in [-0.15, -0.1) is 0 Å². The molecule has 4 aromatic rings. The maximum atomic E-state index is 13.5. The van der Waals surface area contributed by atoms with Gasteiger partial charge >= 0.3 is 6.18 Å². The highest BCUT2D eigenvalue weighted by Gasteiger charge is 2.33. The van der Waals surface area contributed by atoms with Gasteiger partial charge in [-0.3, -0.25) is 0 Å². The molecule has 0 radical (unpaired) electrons. The van der Waals surface area contributed by atoms with Crippen LogP contribution in [0.1, 0.15) is 28.2 Å². The van der Waals surface area contributed by atoms with Crippen molar-refractivity contribution in [2.75, 3.05) is 7.11 Å². The molecule has 4 rings (SSSR count). The predicted molar refractivity (Wildman–Crippen MR) is 126 cm³/mol. The number of methoxy groups -OCH3 is 1. The van der Waals surface area contributed by atoms with E-state index in [1.165, 1.54) is 25.4 Å². The van der Waals surface area contributed by atoms with Gasteiger partial charge < -0.3 is 9.53 Å². The first-order valence-corrected chi connectivity index (χ1v) is 12.1. The summed E-state index contributed by atoms with van der Waals surface area (Å²) in [6.45, 7) is 1.81. The van der Waals surface area contributed by atoms with Crippen LogP contribution in [-0.2, 0) is 27.4 Å². The Balaban J connectivity index is 1.93. The summed E-state index contributed by atoms with van der Waals surface area (Å²) in [5.74, 6) is -0.391. The second-order valence-corrected chi connectivity index (χ2v) is 10.0. The number of nitrogens with zero attached hydrogens (tertiary/aromatic N) is 1. The monoisotopic (exact) mass is 501 g/mol. The van der Waals surface area contributed by atoms with Crippen LogP contribution in [0.25, 0.3) is 10.9 Å². The Bertz CT molecular complexity index is 1490. The molecule has 1 atom stereocenters. The third-order valence-corrected chi connectivity index (χ3v) is 7.59. The quantitative estimate of drug-likeness (QED) is 0.303. The van der Waals surface area contributed by atoms with Crippen molar-refractivity contribution in [1.82, 2.24) is 3.97 Å². The van der Waals surface area contributed by atoms with Crippen LogP contribution in [0, 0.1) is 6.92 Å². The van der Waals surface area contributed by atoms with Crippen LogP contribution in [0.5, 0.6) is 5.75 Å². The Labute approximate surface area is 200 Å². The molecule has 35 heavy (non-hydrogen) atoms. The zero-order valence-corrected chi connectivity index (χ0v) is 19.7. The Morgan fingerprint density at radius 3 is 2.34 bits per heavy atom. The first-order valence-electron chi connectivity index (χ1n) is 10.7. The second-order valence-electron chi connectivity index (χ2n) is 8.19. The van der Waals surface area contributed by atoms with Crippen molar-refractivity contribution < 1.29 is 31.1 Å². The molecule has 0 saturated heterocycles. The maximum absolute atomic E-state index is 13.5. The van der Waals surface area contributed by atoms with E-state index in [1.54, 1.807) is 36.4 Å². The molecule has 0 spiro atoms. The molecule has 1 aromatic heterocycles. The minimum absolute atomic E-state index is 0.0150. The fraction of sp³-hybridized carbons (Fsp3) is 0.192. The number of hydrogen-bond acceptors (Lipinski definition) is 4. The molecule has 0 saturated carbocycles. The molecular weight excluding hydrogens is 479 g/mol. The second kappa shape index (κ2) is 9.22. The van der Waals surface area contributed by atoms with E-state index in [9.17, 15) is 26.4 Å². The standard InChI is InChI=1S/C26H22F3NO4S/c1-17-7-10-21(11-8-17)35(32,33)30-15-23(22-14-20(26(27,28)29)9-12-24(22)30)19(16-31)13-18-5-3-4-6-25(18)34-2/h3-12,14-16,19H,13H2,1-2H3. The van der Waals surface area contributed by atoms with Gasteiger partial charge in [-0.25, -0.2) is 12.4 Å². The van der Waals surface area contributed by atoms with Gasteiger partial charge in [0.15, 0.2) is 0 Å². The molecule has 0 aliphatic rings. The lowest BCUT2D eigenvalue weighted by atomic mass is 9.92. The lowest BCUT2D eigenvalue weighted by molar-refractivity contribution is -0.137. The first kappa shape index (κ1) is 24.5. The Kier molecular flexibility index (Phi) is 6.46. The minimum Gasteiger partial charge on any atom is -0.496 e. The predicted octanol–water partition coefficient (Wildman–Crippen LogP) is 5.74. The van der Waals surface area contributed by atoms with Gasteiger partial charge in [-0.1, -0.05) is 35.9 Å². The van der Waals surface area contributed by atoms with Crippen molar-refractivity contribution in [3.8, 4) is 5.75 Å². The normalized spacial score (nSPS) is 13.1. The highest BCUT2D eigenvalue weighted by atomic mass is 32.2. The fourth-order valence-electron chi connectivity index (χ4n) is 4.06. The number of aldehydes is 1. The molecule has 1 heterocycles. The van der Waals surface area contributed by atoms with E-state index < -0.39 is 27.7 Å². The van der Waals surface area contributed by atoms with E-state index in [2.05, 4.69) is 0 Å². The summed E-state index contributed by atoms with van der Waals surface area (Å²) in [5.41, 5.74) is 0.831. The fourth-order valence-corrected chi connectivity index (χ4v) is 5.44. The van der Waals surface area contributed by atoms with Gasteiger partial charge in [0, 0.05) is 17.5 Å². The summed E-state index contributed by atoms with van der Waals surface area (Å²) in [6, 6.07) is 16.0. The van der Waals surface area contributed by atoms with E-state index in [1.807, 2.05) is 6.92 Å². The van der Waals surface area contributed by atoms with E-state index >= 15 is 0 Å². The van der Waals surface area contributed by atoms with Gasteiger partial charge in [0.25, 0.3) is 10.0 Å². The smallest absolute Gasteiger partial charge is 0.416 e. The molecular formula is C26H22F3NO4S. The lowest BCUT2D eigenvalue weighted by Gasteiger charge is -2.13. The molecule has 9 heteroatoms. The Morgan fingerprint density at radius 1 is 1.03 bits per heavy atom. The van der Waals surface area contributed by atoms with Gasteiger partial charge in [0.1, 0.15) is 12.0 Å². The van der Waals surface area contributed by atoms with Crippen molar-refractivity contribution in [3.63, 3.8) is 0 Å². The van der Waals surface area contributed by atoms with Gasteiger partial charge in [-0.2, -0.15) is 13.2 Å². The highest BCUT2D eigenvalue weighted by Crippen LogP contribution is 2.37. The number of carbonyl (C=O) groups excluding carboxylic acids is 1. The van der Waals surface area contributed by atoms with Crippen molar-refractivity contribution in [2.45, 2.75) is 30.3 Å². The van der Waals surface area contributed by atoms with E-state index in [0.29, 0.717) is 17.6 Å². The molecule has 182 valence electrons. The molecule has 0 aliphatic heterocycles. The highest BCUT2D eigenvalue weighted by molar-refractivity contribution is 7.90. The molecule has 0 amide bonds. The van der Waals surface area contributed by atoms with Crippen LogP contribution >= 0.6 is 0 Å². The number of para-hydroxylation sites is 1. The number of aromatic nitrogens is 1. The molecule has 0 bridgehead atoms. The summed E-state index contributed by atoms with van der Waals surface area (Å²) < 4.78 is 73.7. The van der Waals surface area contributed by atoms with Crippen molar-refractivity contribution in [3.05, 3.63) is 95.2 Å². The average Bonchev–Trinajstić information content (AvgIpc) is 3.22. The van der Waals surface area contributed by atoms with Crippen molar-refractivity contribution in [2.24, 2.45) is 0 Å².